The standard InChI is InChI=1S/C27H26F3N5O5/c1-4-39-25(37)21-15(2)33-16(3)22(23(21)19-7-5-6-8-20(19)27(28,29)30)26(38)40-14-13-32-24(36)17-9-11-18(12-10-17)34-35-31/h5-12,23,33H,4,13-14H2,1-3H3,(H,32,36)/t23-/m0/s1. The van der Waals surface area contributed by atoms with E-state index in [9.17, 15) is 27.6 Å². The first kappa shape index (κ1) is 29.8. The minimum absolute atomic E-state index is 0.0281. The van der Waals surface area contributed by atoms with Crippen molar-refractivity contribution < 1.29 is 37.0 Å². The summed E-state index contributed by atoms with van der Waals surface area (Å²) >= 11 is 0. The third-order valence-electron chi connectivity index (χ3n) is 5.96. The van der Waals surface area contributed by atoms with Crippen LogP contribution in [0, 0.1) is 0 Å². The minimum Gasteiger partial charge on any atom is -0.463 e. The summed E-state index contributed by atoms with van der Waals surface area (Å²) in [6, 6.07) is 10.5. The second-order valence-corrected chi connectivity index (χ2v) is 8.57. The molecule has 210 valence electrons. The second kappa shape index (κ2) is 12.9. The van der Waals surface area contributed by atoms with Crippen molar-refractivity contribution in [2.45, 2.75) is 32.9 Å². The van der Waals surface area contributed by atoms with Crippen molar-refractivity contribution in [1.29, 1.82) is 0 Å². The van der Waals surface area contributed by atoms with E-state index in [0.29, 0.717) is 5.69 Å². The van der Waals surface area contributed by atoms with Gasteiger partial charge >= 0.3 is 18.1 Å². The zero-order valence-corrected chi connectivity index (χ0v) is 21.8. The van der Waals surface area contributed by atoms with E-state index in [1.807, 2.05) is 0 Å². The summed E-state index contributed by atoms with van der Waals surface area (Å²) in [5, 5.41) is 8.85. The zero-order valence-electron chi connectivity index (χ0n) is 21.8. The first-order valence-corrected chi connectivity index (χ1v) is 12.1. The quantitative estimate of drug-likeness (QED) is 0.139. The van der Waals surface area contributed by atoms with Gasteiger partial charge in [-0.25, -0.2) is 9.59 Å². The highest BCUT2D eigenvalue weighted by molar-refractivity contribution is 6.00. The van der Waals surface area contributed by atoms with Gasteiger partial charge in [-0.3, -0.25) is 4.79 Å². The van der Waals surface area contributed by atoms with E-state index < -0.39 is 35.5 Å². The fourth-order valence-electron chi connectivity index (χ4n) is 4.28. The maximum absolute atomic E-state index is 14.0. The Morgan fingerprint density at radius 3 is 2.17 bits per heavy atom. The molecule has 0 bridgehead atoms. The number of carbonyl (C=O) groups excluding carboxylic acids is 3. The van der Waals surface area contributed by atoms with Gasteiger partial charge in [-0.15, -0.1) is 0 Å². The van der Waals surface area contributed by atoms with E-state index in [-0.39, 0.29) is 53.4 Å². The topological polar surface area (TPSA) is 142 Å². The molecule has 0 fully saturated rings. The number of alkyl halides is 3. The summed E-state index contributed by atoms with van der Waals surface area (Å²) in [4.78, 5) is 41.2. The number of nitrogens with zero attached hydrogens (tertiary/aromatic N) is 3. The van der Waals surface area contributed by atoms with Gasteiger partial charge in [-0.2, -0.15) is 13.2 Å². The molecular formula is C27H26F3N5O5. The Labute approximate surface area is 227 Å². The number of ether oxygens (including phenoxy) is 2. The summed E-state index contributed by atoms with van der Waals surface area (Å²) in [6.45, 7) is 4.12. The lowest BCUT2D eigenvalue weighted by molar-refractivity contribution is -0.142. The molecule has 1 atom stereocenters. The molecule has 2 N–H and O–H groups in total. The van der Waals surface area contributed by atoms with Crippen LogP contribution in [-0.4, -0.2) is 37.6 Å². The first-order valence-electron chi connectivity index (χ1n) is 12.1. The van der Waals surface area contributed by atoms with Gasteiger partial charge in [0, 0.05) is 27.6 Å². The fourth-order valence-corrected chi connectivity index (χ4v) is 4.28. The molecule has 2 aromatic carbocycles. The van der Waals surface area contributed by atoms with Crippen LogP contribution in [0.2, 0.25) is 0 Å². The van der Waals surface area contributed by atoms with Crippen molar-refractivity contribution in [2.24, 2.45) is 5.11 Å². The van der Waals surface area contributed by atoms with Gasteiger partial charge in [-0.05, 0) is 50.1 Å². The van der Waals surface area contributed by atoms with Gasteiger partial charge in [0.25, 0.3) is 5.91 Å². The van der Waals surface area contributed by atoms with Gasteiger partial charge in [0.1, 0.15) is 6.61 Å². The summed E-state index contributed by atoms with van der Waals surface area (Å²) in [5.41, 5.74) is 7.86. The Bertz CT molecular complexity index is 1410. The van der Waals surface area contributed by atoms with Gasteiger partial charge in [-0.1, -0.05) is 35.4 Å². The highest BCUT2D eigenvalue weighted by atomic mass is 19.4. The molecule has 3 rings (SSSR count). The average Bonchev–Trinajstić information content (AvgIpc) is 2.90. The van der Waals surface area contributed by atoms with Crippen LogP contribution < -0.4 is 10.6 Å². The van der Waals surface area contributed by atoms with E-state index in [0.717, 1.165) is 6.07 Å². The van der Waals surface area contributed by atoms with E-state index in [4.69, 9.17) is 15.0 Å². The molecule has 13 heteroatoms. The number of benzene rings is 2. The Balaban J connectivity index is 1.84. The SMILES string of the molecule is CCOC(=O)C1=C(C)NC(C)=C(C(=O)OCCNC(=O)c2ccc(N=[N+]=[N-])cc2)[C@H]1c1ccccc1C(F)(F)F. The summed E-state index contributed by atoms with van der Waals surface area (Å²) in [7, 11) is 0. The number of amides is 1. The van der Waals surface area contributed by atoms with E-state index in [1.54, 1.807) is 6.92 Å². The molecule has 0 saturated carbocycles. The van der Waals surface area contributed by atoms with Crippen molar-refractivity contribution >= 4 is 23.5 Å². The number of carbonyl (C=O) groups is 3. The molecule has 10 nitrogen and oxygen atoms in total. The Kier molecular flexibility index (Phi) is 9.57. The Hall–Kier alpha value is -4.77. The van der Waals surface area contributed by atoms with Crippen molar-refractivity contribution in [1.82, 2.24) is 10.6 Å². The van der Waals surface area contributed by atoms with Gasteiger partial charge < -0.3 is 20.1 Å². The normalized spacial score (nSPS) is 15.1. The Morgan fingerprint density at radius 1 is 1.00 bits per heavy atom. The maximum atomic E-state index is 14.0. The molecule has 2 aromatic rings. The lowest BCUT2D eigenvalue weighted by atomic mass is 9.78. The van der Waals surface area contributed by atoms with Crippen molar-refractivity contribution in [2.75, 3.05) is 19.8 Å². The van der Waals surface area contributed by atoms with Crippen LogP contribution in [-0.2, 0) is 25.2 Å². The van der Waals surface area contributed by atoms with Crippen LogP contribution in [0.3, 0.4) is 0 Å². The molecule has 0 unspecified atom stereocenters. The number of rotatable bonds is 9. The van der Waals surface area contributed by atoms with Crippen LogP contribution in [0.15, 0.2) is 76.2 Å². The molecule has 0 spiro atoms. The summed E-state index contributed by atoms with van der Waals surface area (Å²) in [5.74, 6) is -3.74. The second-order valence-electron chi connectivity index (χ2n) is 8.57. The minimum atomic E-state index is -4.76. The summed E-state index contributed by atoms with van der Waals surface area (Å²) in [6.07, 6.45) is -4.76. The maximum Gasteiger partial charge on any atom is 0.416 e. The highest BCUT2D eigenvalue weighted by Gasteiger charge is 2.43. The molecule has 1 aliphatic heterocycles. The number of dihydropyridines is 1. The van der Waals surface area contributed by atoms with E-state index >= 15 is 0 Å². The predicted octanol–water partition coefficient (Wildman–Crippen LogP) is 5.42. The number of allylic oxidation sites excluding steroid dienone is 2. The lowest BCUT2D eigenvalue weighted by Crippen LogP contribution is -2.34. The number of esters is 2. The van der Waals surface area contributed by atoms with Crippen LogP contribution in [0.1, 0.15) is 48.2 Å². The molecule has 0 aromatic heterocycles. The average molecular weight is 558 g/mol. The number of hydrogen-bond acceptors (Lipinski definition) is 7. The molecule has 1 amide bonds. The monoisotopic (exact) mass is 557 g/mol. The number of azide groups is 1. The largest absolute Gasteiger partial charge is 0.463 e. The van der Waals surface area contributed by atoms with E-state index in [2.05, 4.69) is 20.7 Å². The smallest absolute Gasteiger partial charge is 0.416 e. The Morgan fingerprint density at radius 2 is 1.60 bits per heavy atom. The lowest BCUT2D eigenvalue weighted by Gasteiger charge is -2.31. The predicted molar refractivity (Wildman–Crippen MR) is 138 cm³/mol. The molecule has 0 aliphatic carbocycles. The molecule has 1 heterocycles. The van der Waals surface area contributed by atoms with Gasteiger partial charge in [0.2, 0.25) is 0 Å². The van der Waals surface area contributed by atoms with Crippen LogP contribution in [0.4, 0.5) is 18.9 Å². The number of nitrogens with one attached hydrogen (secondary N) is 2. The van der Waals surface area contributed by atoms with Crippen LogP contribution >= 0.6 is 0 Å². The third kappa shape index (κ3) is 6.80. The molecule has 0 saturated heterocycles. The van der Waals surface area contributed by atoms with Crippen molar-refractivity contribution in [3.63, 3.8) is 0 Å². The van der Waals surface area contributed by atoms with Crippen LogP contribution in [0.25, 0.3) is 10.4 Å². The van der Waals surface area contributed by atoms with Crippen molar-refractivity contribution in [3.05, 3.63) is 98.2 Å². The molecule has 40 heavy (non-hydrogen) atoms. The van der Waals surface area contributed by atoms with Crippen LogP contribution in [0.5, 0.6) is 0 Å². The van der Waals surface area contributed by atoms with Crippen molar-refractivity contribution in [3.8, 4) is 0 Å². The summed E-state index contributed by atoms with van der Waals surface area (Å²) < 4.78 is 52.4. The highest BCUT2D eigenvalue weighted by Crippen LogP contribution is 2.44. The van der Waals surface area contributed by atoms with E-state index in [1.165, 1.54) is 56.3 Å². The number of hydrogen-bond donors (Lipinski definition) is 2. The molecule has 1 aliphatic rings. The van der Waals surface area contributed by atoms with Gasteiger partial charge in [0.15, 0.2) is 0 Å². The van der Waals surface area contributed by atoms with Gasteiger partial charge in [0.05, 0.1) is 35.8 Å². The molecular weight excluding hydrogens is 531 g/mol. The first-order chi connectivity index (χ1) is 19.0. The third-order valence-corrected chi connectivity index (χ3v) is 5.96. The zero-order chi connectivity index (χ0) is 29.4. The number of halogens is 3. The fraction of sp³-hybridized carbons (Fsp3) is 0.296. The molecule has 0 radical (unpaired) electrons.